The number of amides is 3. The topological polar surface area (TPSA) is 77.9 Å². The number of carboxylic acids is 1. The van der Waals surface area contributed by atoms with E-state index in [1.54, 1.807) is 4.90 Å². The third kappa shape index (κ3) is 3.21. The first-order valence-corrected chi connectivity index (χ1v) is 10.4. The van der Waals surface area contributed by atoms with Gasteiger partial charge in [-0.15, -0.1) is 0 Å². The Morgan fingerprint density at radius 2 is 1.76 bits per heavy atom. The zero-order valence-corrected chi connectivity index (χ0v) is 18.1. The fourth-order valence-electron chi connectivity index (χ4n) is 4.12. The van der Waals surface area contributed by atoms with Gasteiger partial charge in [0, 0.05) is 17.4 Å². The number of aromatic carboxylic acids is 1. The molecule has 2 heterocycles. The van der Waals surface area contributed by atoms with Gasteiger partial charge in [-0.25, -0.2) is 14.5 Å². The van der Waals surface area contributed by atoms with Crippen molar-refractivity contribution in [3.63, 3.8) is 0 Å². The van der Waals surface area contributed by atoms with Crippen LogP contribution in [0.15, 0.2) is 40.9 Å². The number of hydrogen-bond acceptors (Lipinski definition) is 3. The number of nitrogens with zero attached hydrogens (tertiary/aromatic N) is 2. The number of urea groups is 1. The molecule has 9 heteroatoms. The Labute approximate surface area is 185 Å². The number of fused-ring (bicyclic) bond motifs is 1. The molecule has 0 spiro atoms. The van der Waals surface area contributed by atoms with Crippen molar-refractivity contribution in [1.29, 1.82) is 0 Å². The molecular weight excluding hydrogens is 483 g/mol. The average Bonchev–Trinajstić information content (AvgIpc) is 3.14. The number of halogens is 3. The molecule has 2 aromatic carbocycles. The van der Waals surface area contributed by atoms with Crippen LogP contribution in [0.4, 0.5) is 10.5 Å². The number of imide groups is 1. The fourth-order valence-corrected chi connectivity index (χ4v) is 5.02. The predicted octanol–water partition coefficient (Wildman–Crippen LogP) is 5.00. The average molecular weight is 498 g/mol. The van der Waals surface area contributed by atoms with Crippen molar-refractivity contribution in [2.24, 2.45) is 0 Å². The number of rotatable bonds is 4. The summed E-state index contributed by atoms with van der Waals surface area (Å²) in [6.45, 7) is 0.478. The van der Waals surface area contributed by atoms with Gasteiger partial charge >= 0.3 is 12.0 Å². The van der Waals surface area contributed by atoms with Gasteiger partial charge in [-0.3, -0.25) is 4.79 Å². The standard InChI is InChI=1S/C20H15BrCl2N2O4/c21-12-4-2-11(3-5-12)10-20-6-1-7-24(20)19(29)25(18(20)28)13-8-14(22)16(17(26)27)15(23)9-13/h2-5,8-9H,1,6-7,10H2,(H,26,27). The first kappa shape index (κ1) is 20.2. The monoisotopic (exact) mass is 496 g/mol. The summed E-state index contributed by atoms with van der Waals surface area (Å²) in [5.74, 6) is -1.63. The van der Waals surface area contributed by atoms with Crippen LogP contribution in [0.3, 0.4) is 0 Å². The molecule has 0 saturated carbocycles. The van der Waals surface area contributed by atoms with Gasteiger partial charge in [0.05, 0.1) is 21.3 Å². The van der Waals surface area contributed by atoms with Crippen molar-refractivity contribution in [3.8, 4) is 0 Å². The van der Waals surface area contributed by atoms with Crippen LogP contribution in [-0.4, -0.2) is 40.0 Å². The van der Waals surface area contributed by atoms with Crippen molar-refractivity contribution in [2.75, 3.05) is 11.4 Å². The quantitative estimate of drug-likeness (QED) is 0.603. The van der Waals surface area contributed by atoms with E-state index in [1.165, 1.54) is 12.1 Å². The number of benzene rings is 2. The number of carbonyl (C=O) groups excluding carboxylic acids is 2. The minimum atomic E-state index is -1.28. The van der Waals surface area contributed by atoms with Crippen LogP contribution < -0.4 is 4.90 Å². The van der Waals surface area contributed by atoms with Gasteiger partial charge in [0.15, 0.2) is 0 Å². The highest BCUT2D eigenvalue weighted by atomic mass is 79.9. The van der Waals surface area contributed by atoms with Crippen molar-refractivity contribution in [2.45, 2.75) is 24.8 Å². The zero-order valence-electron chi connectivity index (χ0n) is 15.0. The van der Waals surface area contributed by atoms with Crippen molar-refractivity contribution >= 4 is 62.7 Å². The van der Waals surface area contributed by atoms with E-state index >= 15 is 0 Å². The molecule has 2 aromatic rings. The lowest BCUT2D eigenvalue weighted by molar-refractivity contribution is -0.123. The highest BCUT2D eigenvalue weighted by Gasteiger charge is 2.59. The van der Waals surface area contributed by atoms with Gasteiger partial charge in [0.2, 0.25) is 0 Å². The molecule has 150 valence electrons. The van der Waals surface area contributed by atoms with Crippen molar-refractivity contribution in [1.82, 2.24) is 4.90 Å². The highest BCUT2D eigenvalue weighted by molar-refractivity contribution is 9.10. The molecule has 4 rings (SSSR count). The molecule has 0 aliphatic carbocycles. The van der Waals surface area contributed by atoms with E-state index in [2.05, 4.69) is 15.9 Å². The summed E-state index contributed by atoms with van der Waals surface area (Å²) in [7, 11) is 0. The van der Waals surface area contributed by atoms with E-state index in [-0.39, 0.29) is 27.2 Å². The molecule has 2 aliphatic heterocycles. The molecule has 0 bridgehead atoms. The second kappa shape index (κ2) is 7.31. The summed E-state index contributed by atoms with van der Waals surface area (Å²) in [6, 6.07) is 9.78. The Kier molecular flexibility index (Phi) is 5.09. The van der Waals surface area contributed by atoms with Crippen LogP contribution in [0.1, 0.15) is 28.8 Å². The van der Waals surface area contributed by atoms with E-state index in [1.807, 2.05) is 24.3 Å². The molecule has 29 heavy (non-hydrogen) atoms. The third-order valence-corrected chi connectivity index (χ3v) is 6.55. The first-order chi connectivity index (χ1) is 13.7. The maximum absolute atomic E-state index is 13.5. The van der Waals surface area contributed by atoms with Crippen LogP contribution in [0, 0.1) is 0 Å². The molecule has 2 saturated heterocycles. The number of carboxylic acid groups (broad SMARTS) is 1. The zero-order chi connectivity index (χ0) is 20.9. The molecule has 0 radical (unpaired) electrons. The SMILES string of the molecule is O=C(O)c1c(Cl)cc(N2C(=O)N3CCCC3(Cc3ccc(Br)cc3)C2=O)cc1Cl. The Hall–Kier alpha value is -2.09. The van der Waals surface area contributed by atoms with Crippen LogP contribution in [0.5, 0.6) is 0 Å². The Morgan fingerprint density at radius 1 is 1.14 bits per heavy atom. The minimum absolute atomic E-state index is 0.130. The largest absolute Gasteiger partial charge is 0.478 e. The molecule has 3 amide bonds. The van der Waals surface area contributed by atoms with E-state index in [9.17, 15) is 19.5 Å². The molecule has 6 nitrogen and oxygen atoms in total. The van der Waals surface area contributed by atoms with Gasteiger partial charge in [-0.2, -0.15) is 0 Å². The summed E-state index contributed by atoms with van der Waals surface area (Å²) >= 11 is 15.5. The minimum Gasteiger partial charge on any atom is -0.478 e. The Morgan fingerprint density at radius 3 is 2.34 bits per heavy atom. The fraction of sp³-hybridized carbons (Fsp3) is 0.250. The number of carbonyl (C=O) groups is 3. The lowest BCUT2D eigenvalue weighted by Crippen LogP contribution is -2.47. The maximum atomic E-state index is 13.5. The predicted molar refractivity (Wildman–Crippen MR) is 113 cm³/mol. The normalized spacial score (nSPS) is 21.1. The molecule has 2 aliphatic rings. The maximum Gasteiger partial charge on any atom is 0.338 e. The van der Waals surface area contributed by atoms with E-state index in [0.717, 1.165) is 21.4 Å². The van der Waals surface area contributed by atoms with E-state index in [4.69, 9.17) is 23.2 Å². The number of anilines is 1. The summed E-state index contributed by atoms with van der Waals surface area (Å²) < 4.78 is 0.931. The highest BCUT2D eigenvalue weighted by Crippen LogP contribution is 2.43. The number of hydrogen-bond donors (Lipinski definition) is 1. The van der Waals surface area contributed by atoms with Crippen molar-refractivity contribution in [3.05, 3.63) is 62.0 Å². The third-order valence-electron chi connectivity index (χ3n) is 5.42. The lowest BCUT2D eigenvalue weighted by atomic mass is 9.88. The molecule has 0 aromatic heterocycles. The molecule has 1 atom stereocenters. The Balaban J connectivity index is 1.74. The van der Waals surface area contributed by atoms with Gasteiger partial charge in [-0.1, -0.05) is 51.3 Å². The summed E-state index contributed by atoms with van der Waals surface area (Å²) in [6.07, 6.45) is 1.69. The van der Waals surface area contributed by atoms with Gasteiger partial charge in [0.1, 0.15) is 5.54 Å². The summed E-state index contributed by atoms with van der Waals surface area (Å²) in [5, 5.41) is 8.97. The van der Waals surface area contributed by atoms with E-state index < -0.39 is 17.5 Å². The van der Waals surface area contributed by atoms with Crippen LogP contribution in [-0.2, 0) is 11.2 Å². The summed E-state index contributed by atoms with van der Waals surface area (Å²) in [5.41, 5.74) is -0.110. The van der Waals surface area contributed by atoms with Gasteiger partial charge in [-0.05, 0) is 42.7 Å². The van der Waals surface area contributed by atoms with Gasteiger partial charge < -0.3 is 10.0 Å². The smallest absolute Gasteiger partial charge is 0.338 e. The lowest BCUT2D eigenvalue weighted by Gasteiger charge is -2.28. The van der Waals surface area contributed by atoms with Gasteiger partial charge in [0.25, 0.3) is 5.91 Å². The van der Waals surface area contributed by atoms with Crippen LogP contribution in [0.2, 0.25) is 10.0 Å². The van der Waals surface area contributed by atoms with Crippen LogP contribution >= 0.6 is 39.1 Å². The van der Waals surface area contributed by atoms with Crippen LogP contribution in [0.25, 0.3) is 0 Å². The van der Waals surface area contributed by atoms with Crippen molar-refractivity contribution < 1.29 is 19.5 Å². The van der Waals surface area contributed by atoms with E-state index in [0.29, 0.717) is 19.4 Å². The molecule has 1 N–H and O–H groups in total. The second-order valence-electron chi connectivity index (χ2n) is 7.10. The molecule has 1 unspecified atom stereocenters. The Bertz CT molecular complexity index is 1020. The summed E-state index contributed by atoms with van der Waals surface area (Å²) in [4.78, 5) is 40.6. The first-order valence-electron chi connectivity index (χ1n) is 8.87. The molecule has 2 fully saturated rings. The molecular formula is C20H15BrCl2N2O4. The second-order valence-corrected chi connectivity index (χ2v) is 8.83.